The van der Waals surface area contributed by atoms with Crippen molar-refractivity contribution in [3.63, 3.8) is 0 Å². The summed E-state index contributed by atoms with van der Waals surface area (Å²) in [6.07, 6.45) is 2.04. The molecule has 0 radical (unpaired) electrons. The number of aryl methyl sites for hydroxylation is 2. The zero-order valence-corrected chi connectivity index (χ0v) is 24.3. The van der Waals surface area contributed by atoms with E-state index in [0.29, 0.717) is 28.8 Å². The SMILES string of the molecule is CCCOc1ccc(N2C(=O)NC(=O)/C(=C/c3cc(Cl)ccc3OCC(=O)Nc3ccc(C)cc3C)C2=O)cc1OC. The van der Waals surface area contributed by atoms with Gasteiger partial charge in [-0.3, -0.25) is 19.7 Å². The Kier molecular flexibility index (Phi) is 9.49. The molecule has 1 heterocycles. The second kappa shape index (κ2) is 13.2. The summed E-state index contributed by atoms with van der Waals surface area (Å²) in [6, 6.07) is 13.8. The average molecular weight is 592 g/mol. The minimum atomic E-state index is -0.919. The summed E-state index contributed by atoms with van der Waals surface area (Å²) in [6.45, 7) is 5.91. The summed E-state index contributed by atoms with van der Waals surface area (Å²) < 4.78 is 16.8. The molecule has 0 aromatic heterocycles. The number of rotatable bonds is 10. The molecule has 1 aliphatic heterocycles. The number of methoxy groups -OCH3 is 1. The van der Waals surface area contributed by atoms with Crippen LogP contribution in [0.1, 0.15) is 30.0 Å². The van der Waals surface area contributed by atoms with Crippen molar-refractivity contribution in [1.29, 1.82) is 0 Å². The van der Waals surface area contributed by atoms with Gasteiger partial charge in [0.05, 0.1) is 19.4 Å². The number of ether oxygens (including phenoxy) is 3. The monoisotopic (exact) mass is 591 g/mol. The van der Waals surface area contributed by atoms with Crippen molar-refractivity contribution in [2.75, 3.05) is 30.5 Å². The number of barbiturate groups is 1. The van der Waals surface area contributed by atoms with Crippen molar-refractivity contribution in [1.82, 2.24) is 5.32 Å². The van der Waals surface area contributed by atoms with Gasteiger partial charge >= 0.3 is 6.03 Å². The number of hydrogen-bond acceptors (Lipinski definition) is 7. The number of nitrogens with one attached hydrogen (secondary N) is 2. The molecule has 0 aliphatic carbocycles. The number of hydrogen-bond donors (Lipinski definition) is 2. The van der Waals surface area contributed by atoms with Crippen molar-refractivity contribution in [3.05, 3.63) is 81.9 Å². The Morgan fingerprint density at radius 3 is 2.45 bits per heavy atom. The normalized spacial score (nSPS) is 14.1. The van der Waals surface area contributed by atoms with Gasteiger partial charge in [0.1, 0.15) is 11.3 Å². The van der Waals surface area contributed by atoms with Crippen LogP contribution in [-0.4, -0.2) is 44.1 Å². The van der Waals surface area contributed by atoms with E-state index in [1.807, 2.05) is 39.0 Å². The maximum atomic E-state index is 13.5. The molecule has 2 N–H and O–H groups in total. The number of carbonyl (C=O) groups is 4. The van der Waals surface area contributed by atoms with Gasteiger partial charge in [0, 0.05) is 22.3 Å². The molecule has 218 valence electrons. The van der Waals surface area contributed by atoms with E-state index in [0.717, 1.165) is 22.4 Å². The van der Waals surface area contributed by atoms with Crippen LogP contribution in [-0.2, 0) is 14.4 Å². The van der Waals surface area contributed by atoms with Gasteiger partial charge in [-0.1, -0.05) is 36.2 Å². The van der Waals surface area contributed by atoms with Crippen molar-refractivity contribution >= 4 is 52.8 Å². The van der Waals surface area contributed by atoms with Gasteiger partial charge in [0.25, 0.3) is 17.7 Å². The second-order valence-electron chi connectivity index (χ2n) is 9.48. The number of halogens is 1. The van der Waals surface area contributed by atoms with Gasteiger partial charge in [-0.2, -0.15) is 0 Å². The summed E-state index contributed by atoms with van der Waals surface area (Å²) in [4.78, 5) is 52.5. The zero-order chi connectivity index (χ0) is 30.4. The summed E-state index contributed by atoms with van der Waals surface area (Å²) in [5.74, 6) is -1.21. The van der Waals surface area contributed by atoms with Crippen LogP contribution >= 0.6 is 11.6 Å². The summed E-state index contributed by atoms with van der Waals surface area (Å²) in [5, 5.41) is 5.29. The Morgan fingerprint density at radius 2 is 1.74 bits per heavy atom. The molecule has 1 fully saturated rings. The van der Waals surface area contributed by atoms with E-state index >= 15 is 0 Å². The lowest BCUT2D eigenvalue weighted by Gasteiger charge is -2.27. The van der Waals surface area contributed by atoms with E-state index in [1.165, 1.54) is 37.5 Å². The molecule has 1 aliphatic rings. The van der Waals surface area contributed by atoms with Gasteiger partial charge < -0.3 is 19.5 Å². The van der Waals surface area contributed by atoms with Crippen LogP contribution in [0.5, 0.6) is 17.2 Å². The predicted octanol–water partition coefficient (Wildman–Crippen LogP) is 5.44. The molecule has 0 unspecified atom stereocenters. The Hall–Kier alpha value is -4.83. The van der Waals surface area contributed by atoms with Crippen LogP contribution in [0.15, 0.2) is 60.2 Å². The Morgan fingerprint density at radius 1 is 0.976 bits per heavy atom. The van der Waals surface area contributed by atoms with E-state index in [4.69, 9.17) is 25.8 Å². The van der Waals surface area contributed by atoms with Crippen LogP contribution in [0.25, 0.3) is 6.08 Å². The lowest BCUT2D eigenvalue weighted by molar-refractivity contribution is -0.122. The largest absolute Gasteiger partial charge is 0.493 e. The van der Waals surface area contributed by atoms with Crippen LogP contribution in [0.2, 0.25) is 5.02 Å². The van der Waals surface area contributed by atoms with Crippen molar-refractivity contribution in [2.24, 2.45) is 0 Å². The average Bonchev–Trinajstić information content (AvgIpc) is 2.95. The molecule has 10 nitrogen and oxygen atoms in total. The highest BCUT2D eigenvalue weighted by atomic mass is 35.5. The third-order valence-corrected chi connectivity index (χ3v) is 6.49. The van der Waals surface area contributed by atoms with Crippen molar-refractivity contribution in [2.45, 2.75) is 27.2 Å². The van der Waals surface area contributed by atoms with E-state index in [9.17, 15) is 19.2 Å². The first-order valence-corrected chi connectivity index (χ1v) is 13.5. The predicted molar refractivity (Wildman–Crippen MR) is 159 cm³/mol. The third-order valence-electron chi connectivity index (χ3n) is 6.26. The lowest BCUT2D eigenvalue weighted by Crippen LogP contribution is -2.54. The molecule has 0 bridgehead atoms. The van der Waals surface area contributed by atoms with Crippen molar-refractivity contribution < 1.29 is 33.4 Å². The van der Waals surface area contributed by atoms with Gasteiger partial charge in [0.2, 0.25) is 0 Å². The van der Waals surface area contributed by atoms with Gasteiger partial charge in [-0.25, -0.2) is 9.69 Å². The minimum absolute atomic E-state index is 0.169. The molecule has 0 saturated carbocycles. The topological polar surface area (TPSA) is 123 Å². The highest BCUT2D eigenvalue weighted by Crippen LogP contribution is 2.34. The molecule has 5 amide bonds. The number of amides is 5. The molecule has 3 aromatic rings. The number of anilines is 2. The van der Waals surface area contributed by atoms with Crippen LogP contribution in [0, 0.1) is 13.8 Å². The van der Waals surface area contributed by atoms with Gasteiger partial charge in [-0.05, 0) is 68.3 Å². The number of imide groups is 2. The molecular formula is C31H30ClN3O7. The highest BCUT2D eigenvalue weighted by molar-refractivity contribution is 6.39. The maximum Gasteiger partial charge on any atom is 0.335 e. The zero-order valence-electron chi connectivity index (χ0n) is 23.6. The maximum absolute atomic E-state index is 13.5. The number of urea groups is 1. The number of benzene rings is 3. The van der Waals surface area contributed by atoms with Gasteiger partial charge in [-0.15, -0.1) is 0 Å². The molecule has 11 heteroatoms. The molecule has 3 aromatic carbocycles. The minimum Gasteiger partial charge on any atom is -0.493 e. The lowest BCUT2D eigenvalue weighted by atomic mass is 10.1. The summed E-state index contributed by atoms with van der Waals surface area (Å²) in [7, 11) is 1.44. The van der Waals surface area contributed by atoms with E-state index in [-0.39, 0.29) is 29.2 Å². The molecule has 1 saturated heterocycles. The fraction of sp³-hybridized carbons (Fsp3) is 0.226. The summed E-state index contributed by atoms with van der Waals surface area (Å²) in [5.41, 5.74) is 2.72. The Balaban J connectivity index is 1.59. The van der Waals surface area contributed by atoms with Crippen LogP contribution in [0.3, 0.4) is 0 Å². The molecule has 0 atom stereocenters. The number of nitrogens with zero attached hydrogens (tertiary/aromatic N) is 1. The Labute approximate surface area is 248 Å². The first kappa shape index (κ1) is 30.1. The smallest absolute Gasteiger partial charge is 0.335 e. The first-order valence-electron chi connectivity index (χ1n) is 13.1. The van der Waals surface area contributed by atoms with E-state index in [2.05, 4.69) is 10.6 Å². The van der Waals surface area contributed by atoms with Gasteiger partial charge in [0.15, 0.2) is 18.1 Å². The molecule has 4 rings (SSSR count). The number of carbonyl (C=O) groups excluding carboxylic acids is 4. The fourth-order valence-corrected chi connectivity index (χ4v) is 4.40. The first-order chi connectivity index (χ1) is 20.1. The van der Waals surface area contributed by atoms with E-state index < -0.39 is 23.8 Å². The van der Waals surface area contributed by atoms with Crippen LogP contribution < -0.4 is 29.7 Å². The fourth-order valence-electron chi connectivity index (χ4n) is 4.22. The summed E-state index contributed by atoms with van der Waals surface area (Å²) >= 11 is 6.20. The second-order valence-corrected chi connectivity index (χ2v) is 9.92. The molecule has 0 spiro atoms. The van der Waals surface area contributed by atoms with E-state index in [1.54, 1.807) is 12.1 Å². The molecule has 42 heavy (non-hydrogen) atoms. The van der Waals surface area contributed by atoms with Crippen molar-refractivity contribution in [3.8, 4) is 17.2 Å². The standard InChI is InChI=1S/C31H30ClN3O7/c1-5-12-41-26-11-8-22(16-27(26)40-4)35-30(38)23(29(37)34-31(35)39)15-20-14-21(32)7-10-25(20)42-17-28(36)33-24-9-6-18(2)13-19(24)3/h6-11,13-16H,5,12,17H2,1-4H3,(H,33,36)(H,34,37,39)/b23-15-. The Bertz CT molecular complexity index is 1580. The van der Waals surface area contributed by atoms with Crippen LogP contribution in [0.4, 0.5) is 16.2 Å². The third kappa shape index (κ3) is 6.90. The molecular weight excluding hydrogens is 562 g/mol. The quantitative estimate of drug-likeness (QED) is 0.238. The highest BCUT2D eigenvalue weighted by Gasteiger charge is 2.37.